The molecule has 0 bridgehead atoms. The van der Waals surface area contributed by atoms with Crippen molar-refractivity contribution in [3.8, 4) is 0 Å². The summed E-state index contributed by atoms with van der Waals surface area (Å²) < 4.78 is 10.2. The van der Waals surface area contributed by atoms with Gasteiger partial charge in [0.15, 0.2) is 11.7 Å². The minimum Gasteiger partial charge on any atom is -0.459 e. The topological polar surface area (TPSA) is 91.1 Å². The molecule has 0 saturated carbocycles. The number of halogens is 1. The zero-order chi connectivity index (χ0) is 21.6. The molecule has 0 unspecified atom stereocenters. The number of hydrogen-bond donors (Lipinski definition) is 3. The highest BCUT2D eigenvalue weighted by Gasteiger charge is 2.08. The minimum absolute atomic E-state index is 0. The summed E-state index contributed by atoms with van der Waals surface area (Å²) in [4.78, 5) is 19.0. The van der Waals surface area contributed by atoms with Gasteiger partial charge in [-0.3, -0.25) is 4.79 Å². The van der Waals surface area contributed by atoms with Crippen molar-refractivity contribution >= 4 is 41.5 Å². The zero-order valence-corrected chi connectivity index (χ0v) is 20.8. The van der Waals surface area contributed by atoms with E-state index in [1.54, 1.807) is 19.2 Å². The van der Waals surface area contributed by atoms with Crippen LogP contribution >= 0.6 is 24.0 Å². The number of benzene rings is 1. The van der Waals surface area contributed by atoms with Crippen LogP contribution in [-0.4, -0.2) is 63.7 Å². The molecule has 0 spiro atoms. The lowest BCUT2D eigenvalue weighted by molar-refractivity contribution is 0.0996. The standard InChI is InChI=1S/C22H33N5O3.HI/c1-4-23-22(24-11-13-27(2)12-7-14-29-3)25-17-18-8-5-9-19(16-18)26-21(28)20-10-6-15-30-20;/h5-6,8-10,15-16H,4,7,11-14,17H2,1-3H3,(H,26,28)(H2,23,24,25);1H. The summed E-state index contributed by atoms with van der Waals surface area (Å²) in [5.41, 5.74) is 1.71. The zero-order valence-electron chi connectivity index (χ0n) is 18.5. The Bertz CT molecular complexity index is 783. The number of furan rings is 1. The van der Waals surface area contributed by atoms with Gasteiger partial charge in [0.05, 0.1) is 12.8 Å². The Hall–Kier alpha value is -2.11. The maximum atomic E-state index is 12.1. The highest BCUT2D eigenvalue weighted by molar-refractivity contribution is 14.0. The average Bonchev–Trinajstić information content (AvgIpc) is 3.28. The van der Waals surface area contributed by atoms with Crippen molar-refractivity contribution in [2.24, 2.45) is 4.99 Å². The Kier molecular flexibility index (Phi) is 13.6. The molecule has 1 aromatic carbocycles. The molecule has 9 heteroatoms. The van der Waals surface area contributed by atoms with Gasteiger partial charge in [-0.2, -0.15) is 0 Å². The molecule has 2 aromatic rings. The number of likely N-dealkylation sites (N-methyl/N-ethyl adjacent to an activating group) is 1. The molecule has 1 aromatic heterocycles. The molecule has 0 aliphatic rings. The lowest BCUT2D eigenvalue weighted by Gasteiger charge is -2.18. The van der Waals surface area contributed by atoms with Crippen LogP contribution in [0.5, 0.6) is 0 Å². The number of amides is 1. The van der Waals surface area contributed by atoms with E-state index in [0.717, 1.165) is 50.7 Å². The average molecular weight is 543 g/mol. The number of carbonyl (C=O) groups excluding carboxylic acids is 1. The normalized spacial score (nSPS) is 11.2. The van der Waals surface area contributed by atoms with Gasteiger partial charge in [-0.15, -0.1) is 24.0 Å². The van der Waals surface area contributed by atoms with E-state index in [1.807, 2.05) is 31.2 Å². The molecule has 0 aliphatic carbocycles. The minimum atomic E-state index is -0.273. The molecule has 3 N–H and O–H groups in total. The molecule has 0 atom stereocenters. The summed E-state index contributed by atoms with van der Waals surface area (Å²) in [5.74, 6) is 0.780. The predicted molar refractivity (Wildman–Crippen MR) is 135 cm³/mol. The monoisotopic (exact) mass is 543 g/mol. The van der Waals surface area contributed by atoms with Crippen molar-refractivity contribution in [3.63, 3.8) is 0 Å². The summed E-state index contributed by atoms with van der Waals surface area (Å²) in [6.45, 7) is 6.83. The van der Waals surface area contributed by atoms with Crippen LogP contribution in [0, 0.1) is 0 Å². The number of anilines is 1. The first kappa shape index (κ1) is 26.9. The highest BCUT2D eigenvalue weighted by Crippen LogP contribution is 2.13. The van der Waals surface area contributed by atoms with Crippen LogP contribution in [0.25, 0.3) is 0 Å². The Morgan fingerprint density at radius 2 is 2.03 bits per heavy atom. The van der Waals surface area contributed by atoms with Gasteiger partial charge >= 0.3 is 0 Å². The summed E-state index contributed by atoms with van der Waals surface area (Å²) in [7, 11) is 3.83. The van der Waals surface area contributed by atoms with E-state index in [-0.39, 0.29) is 35.6 Å². The number of ether oxygens (including phenoxy) is 1. The second-order valence-corrected chi connectivity index (χ2v) is 6.90. The molecule has 1 heterocycles. The van der Waals surface area contributed by atoms with Gasteiger partial charge in [0.2, 0.25) is 0 Å². The molecule has 31 heavy (non-hydrogen) atoms. The summed E-state index contributed by atoms with van der Waals surface area (Å²) in [6.07, 6.45) is 2.50. The number of carbonyl (C=O) groups is 1. The maximum Gasteiger partial charge on any atom is 0.291 e. The van der Waals surface area contributed by atoms with Crippen molar-refractivity contribution in [2.75, 3.05) is 52.3 Å². The number of methoxy groups -OCH3 is 1. The van der Waals surface area contributed by atoms with Crippen molar-refractivity contribution < 1.29 is 13.9 Å². The Labute approximate surface area is 201 Å². The lowest BCUT2D eigenvalue weighted by Crippen LogP contribution is -2.41. The van der Waals surface area contributed by atoms with Crippen LogP contribution in [0.2, 0.25) is 0 Å². The quantitative estimate of drug-likeness (QED) is 0.165. The smallest absolute Gasteiger partial charge is 0.291 e. The van der Waals surface area contributed by atoms with Gasteiger partial charge in [-0.1, -0.05) is 12.1 Å². The molecule has 172 valence electrons. The van der Waals surface area contributed by atoms with Gasteiger partial charge < -0.3 is 30.0 Å². The largest absolute Gasteiger partial charge is 0.459 e. The van der Waals surface area contributed by atoms with E-state index in [1.165, 1.54) is 6.26 Å². The first-order chi connectivity index (χ1) is 14.6. The second kappa shape index (κ2) is 15.7. The number of nitrogens with zero attached hydrogens (tertiary/aromatic N) is 2. The first-order valence-electron chi connectivity index (χ1n) is 10.3. The number of hydrogen-bond acceptors (Lipinski definition) is 5. The highest BCUT2D eigenvalue weighted by atomic mass is 127. The maximum absolute atomic E-state index is 12.1. The second-order valence-electron chi connectivity index (χ2n) is 6.90. The third kappa shape index (κ3) is 10.7. The predicted octanol–water partition coefficient (Wildman–Crippen LogP) is 3.17. The van der Waals surface area contributed by atoms with Gasteiger partial charge in [0.25, 0.3) is 5.91 Å². The molecule has 0 saturated heterocycles. The van der Waals surface area contributed by atoms with E-state index in [9.17, 15) is 4.79 Å². The summed E-state index contributed by atoms with van der Waals surface area (Å²) in [5, 5.41) is 9.46. The molecule has 0 aliphatic heterocycles. The van der Waals surface area contributed by atoms with Crippen molar-refractivity contribution in [2.45, 2.75) is 19.9 Å². The summed E-state index contributed by atoms with van der Waals surface area (Å²) >= 11 is 0. The molecule has 0 radical (unpaired) electrons. The molecule has 1 amide bonds. The Morgan fingerprint density at radius 3 is 2.74 bits per heavy atom. The van der Waals surface area contributed by atoms with Crippen molar-refractivity contribution in [3.05, 3.63) is 54.0 Å². The van der Waals surface area contributed by atoms with E-state index in [4.69, 9.17) is 9.15 Å². The Morgan fingerprint density at radius 1 is 1.19 bits per heavy atom. The third-order valence-electron chi connectivity index (χ3n) is 4.37. The fraction of sp³-hybridized carbons (Fsp3) is 0.455. The number of guanidine groups is 1. The van der Waals surface area contributed by atoms with E-state index in [0.29, 0.717) is 12.2 Å². The fourth-order valence-electron chi connectivity index (χ4n) is 2.82. The number of rotatable bonds is 12. The van der Waals surface area contributed by atoms with E-state index >= 15 is 0 Å². The van der Waals surface area contributed by atoms with Crippen molar-refractivity contribution in [1.29, 1.82) is 0 Å². The lowest BCUT2D eigenvalue weighted by atomic mass is 10.2. The molecule has 2 rings (SSSR count). The van der Waals surface area contributed by atoms with Crippen LogP contribution in [0.3, 0.4) is 0 Å². The van der Waals surface area contributed by atoms with Gasteiger partial charge in [0, 0.05) is 45.6 Å². The number of nitrogens with one attached hydrogen (secondary N) is 3. The van der Waals surface area contributed by atoms with Gasteiger partial charge in [-0.25, -0.2) is 4.99 Å². The Balaban J connectivity index is 0.00000480. The van der Waals surface area contributed by atoms with Crippen LogP contribution in [0.4, 0.5) is 5.69 Å². The number of aliphatic imine (C=N–C) groups is 1. The van der Waals surface area contributed by atoms with Gasteiger partial charge in [-0.05, 0) is 50.2 Å². The molecule has 0 fully saturated rings. The molecular formula is C22H34IN5O3. The van der Waals surface area contributed by atoms with Crippen molar-refractivity contribution in [1.82, 2.24) is 15.5 Å². The fourth-order valence-corrected chi connectivity index (χ4v) is 2.82. The van der Waals surface area contributed by atoms with Crippen LogP contribution < -0.4 is 16.0 Å². The van der Waals surface area contributed by atoms with Crippen LogP contribution in [0.15, 0.2) is 52.1 Å². The molecular weight excluding hydrogens is 509 g/mol. The first-order valence-corrected chi connectivity index (χ1v) is 10.3. The van der Waals surface area contributed by atoms with E-state index in [2.05, 4.69) is 32.9 Å². The third-order valence-corrected chi connectivity index (χ3v) is 4.37. The SMILES string of the molecule is CCNC(=NCc1cccc(NC(=O)c2ccco2)c1)NCCN(C)CCCOC.I. The van der Waals surface area contributed by atoms with E-state index < -0.39 is 0 Å². The summed E-state index contributed by atoms with van der Waals surface area (Å²) in [6, 6.07) is 11.0. The van der Waals surface area contributed by atoms with Crippen LogP contribution in [-0.2, 0) is 11.3 Å². The molecule has 8 nitrogen and oxygen atoms in total. The van der Waals surface area contributed by atoms with Crippen LogP contribution in [0.1, 0.15) is 29.5 Å². The van der Waals surface area contributed by atoms with Gasteiger partial charge in [0.1, 0.15) is 0 Å².